The fraction of sp³-hybridized carbons (Fsp3) is 0.500. The Kier molecular flexibility index (Phi) is 7.91. The van der Waals surface area contributed by atoms with Gasteiger partial charge in [-0.1, -0.05) is 6.92 Å². The maximum absolute atomic E-state index is 12.9. The van der Waals surface area contributed by atoms with E-state index in [1.807, 2.05) is 37.6 Å². The minimum atomic E-state index is -3.37. The van der Waals surface area contributed by atoms with E-state index < -0.39 is 15.6 Å². The predicted octanol–water partition coefficient (Wildman–Crippen LogP) is 4.46. The van der Waals surface area contributed by atoms with E-state index in [-0.39, 0.29) is 23.8 Å². The molecule has 2 amide bonds. The van der Waals surface area contributed by atoms with Gasteiger partial charge < -0.3 is 19.5 Å². The lowest BCUT2D eigenvalue weighted by molar-refractivity contribution is 0.0187. The molecular weight excluding hydrogens is 456 g/mol. The monoisotopic (exact) mass is 490 g/mol. The van der Waals surface area contributed by atoms with Crippen LogP contribution in [0.15, 0.2) is 42.6 Å². The van der Waals surface area contributed by atoms with E-state index in [1.165, 1.54) is 0 Å². The summed E-state index contributed by atoms with van der Waals surface area (Å²) in [6.07, 6.45) is 3.55. The smallest absolute Gasteiger partial charge is 0.410 e. The average molecular weight is 491 g/mol. The molecule has 1 aromatic carbocycles. The van der Waals surface area contributed by atoms with Crippen molar-refractivity contribution >= 4 is 33.4 Å². The van der Waals surface area contributed by atoms with Crippen molar-refractivity contribution in [2.75, 3.05) is 28.9 Å². The summed E-state index contributed by atoms with van der Waals surface area (Å²) in [6.45, 7) is 8.48. The topological polar surface area (TPSA) is 110 Å². The average Bonchev–Trinajstić information content (AvgIpc) is 3.24. The Bertz CT molecular complexity index is 1100. The zero-order valence-electron chi connectivity index (χ0n) is 20.2. The molecule has 1 fully saturated rings. The van der Waals surface area contributed by atoms with E-state index in [0.29, 0.717) is 36.6 Å². The van der Waals surface area contributed by atoms with Crippen LogP contribution in [0.2, 0.25) is 0 Å². The second-order valence-electron chi connectivity index (χ2n) is 9.45. The van der Waals surface area contributed by atoms with Gasteiger partial charge in [0.1, 0.15) is 11.3 Å². The molecule has 9 nitrogen and oxygen atoms in total. The molecule has 1 saturated heterocycles. The third-order valence-corrected chi connectivity index (χ3v) is 6.90. The van der Waals surface area contributed by atoms with Crippen LogP contribution in [0.4, 0.5) is 16.2 Å². The van der Waals surface area contributed by atoms with Crippen LogP contribution in [-0.2, 0) is 14.8 Å². The number of sulfonamides is 1. The van der Waals surface area contributed by atoms with Gasteiger partial charge in [0.05, 0.1) is 5.75 Å². The van der Waals surface area contributed by atoms with Crippen molar-refractivity contribution in [1.29, 1.82) is 0 Å². The van der Waals surface area contributed by atoms with Gasteiger partial charge in [-0.25, -0.2) is 13.2 Å². The highest BCUT2D eigenvalue weighted by Crippen LogP contribution is 2.26. The molecule has 0 atom stereocenters. The van der Waals surface area contributed by atoms with Gasteiger partial charge in [0.25, 0.3) is 5.91 Å². The minimum absolute atomic E-state index is 0.0547. The Morgan fingerprint density at radius 2 is 1.68 bits per heavy atom. The number of ether oxygens (including phenoxy) is 1. The largest absolute Gasteiger partial charge is 0.444 e. The van der Waals surface area contributed by atoms with Crippen molar-refractivity contribution in [2.45, 2.75) is 58.6 Å². The second-order valence-corrected chi connectivity index (χ2v) is 11.3. The number of benzene rings is 1. The number of nitrogens with one attached hydrogen (secondary N) is 2. The summed E-state index contributed by atoms with van der Waals surface area (Å²) in [5, 5.41) is 2.87. The van der Waals surface area contributed by atoms with Crippen LogP contribution < -0.4 is 10.0 Å². The molecular formula is C24H34N4O5S. The van der Waals surface area contributed by atoms with Crippen molar-refractivity contribution in [2.24, 2.45) is 0 Å². The molecule has 2 N–H and O–H groups in total. The number of hydrogen-bond donors (Lipinski definition) is 2. The number of nitrogens with zero attached hydrogens (tertiary/aromatic N) is 2. The molecule has 1 aromatic heterocycles. The van der Waals surface area contributed by atoms with E-state index in [4.69, 9.17) is 4.74 Å². The molecule has 0 aliphatic carbocycles. The van der Waals surface area contributed by atoms with Crippen LogP contribution in [0, 0.1) is 0 Å². The lowest BCUT2D eigenvalue weighted by Crippen LogP contribution is -2.42. The molecule has 0 radical (unpaired) electrons. The lowest BCUT2D eigenvalue weighted by atomic mass is 10.0. The first-order valence-electron chi connectivity index (χ1n) is 11.5. The fourth-order valence-corrected chi connectivity index (χ4v) is 5.01. The van der Waals surface area contributed by atoms with Crippen LogP contribution >= 0.6 is 0 Å². The maximum Gasteiger partial charge on any atom is 0.410 e. The van der Waals surface area contributed by atoms with Crippen molar-refractivity contribution in [3.63, 3.8) is 0 Å². The molecule has 10 heteroatoms. The second kappa shape index (κ2) is 10.5. The van der Waals surface area contributed by atoms with Crippen molar-refractivity contribution in [1.82, 2.24) is 9.47 Å². The summed E-state index contributed by atoms with van der Waals surface area (Å²) < 4.78 is 33.8. The van der Waals surface area contributed by atoms with Crippen LogP contribution in [0.1, 0.15) is 63.5 Å². The summed E-state index contributed by atoms with van der Waals surface area (Å²) in [4.78, 5) is 27.0. The number of aromatic nitrogens is 1. The van der Waals surface area contributed by atoms with E-state index in [2.05, 4.69) is 10.0 Å². The van der Waals surface area contributed by atoms with Gasteiger partial charge in [-0.3, -0.25) is 9.52 Å². The van der Waals surface area contributed by atoms with Crippen LogP contribution in [-0.4, -0.2) is 54.3 Å². The van der Waals surface area contributed by atoms with E-state index in [0.717, 1.165) is 12.8 Å². The third kappa shape index (κ3) is 6.99. The molecule has 1 aliphatic heterocycles. The van der Waals surface area contributed by atoms with Crippen molar-refractivity contribution < 1.29 is 22.7 Å². The molecule has 2 aromatic rings. The number of carbonyl (C=O) groups excluding carboxylic acids is 2. The number of rotatable bonds is 7. The Labute approximate surface area is 201 Å². The third-order valence-electron chi connectivity index (χ3n) is 5.41. The quantitative estimate of drug-likeness (QED) is 0.595. The number of likely N-dealkylation sites (tertiary alicyclic amines) is 1. The number of amides is 2. The Morgan fingerprint density at radius 3 is 2.26 bits per heavy atom. The molecule has 0 bridgehead atoms. The van der Waals surface area contributed by atoms with Crippen molar-refractivity contribution in [3.8, 4) is 0 Å². The summed E-state index contributed by atoms with van der Waals surface area (Å²) >= 11 is 0. The van der Waals surface area contributed by atoms with E-state index >= 15 is 0 Å². The fourth-order valence-electron chi connectivity index (χ4n) is 3.87. The summed E-state index contributed by atoms with van der Waals surface area (Å²) in [7, 11) is -3.37. The molecule has 0 spiro atoms. The molecule has 1 aliphatic rings. The maximum atomic E-state index is 12.9. The van der Waals surface area contributed by atoms with E-state index in [9.17, 15) is 18.0 Å². The summed E-state index contributed by atoms with van der Waals surface area (Å²) in [5.41, 5.74) is 1.02. The highest BCUT2D eigenvalue weighted by Gasteiger charge is 2.28. The number of hydrogen-bond acceptors (Lipinski definition) is 5. The van der Waals surface area contributed by atoms with Gasteiger partial charge in [0, 0.05) is 36.7 Å². The molecule has 0 saturated carbocycles. The van der Waals surface area contributed by atoms with Gasteiger partial charge in [0.2, 0.25) is 10.0 Å². The normalized spacial score (nSPS) is 15.1. The Balaban J connectivity index is 1.59. The first-order chi connectivity index (χ1) is 16.0. The molecule has 3 rings (SSSR count). The lowest BCUT2D eigenvalue weighted by Gasteiger charge is -2.34. The van der Waals surface area contributed by atoms with Crippen LogP contribution in [0.3, 0.4) is 0 Å². The summed E-state index contributed by atoms with van der Waals surface area (Å²) in [6, 6.07) is 10.3. The van der Waals surface area contributed by atoms with Gasteiger partial charge in [0.15, 0.2) is 0 Å². The van der Waals surface area contributed by atoms with Crippen LogP contribution in [0.5, 0.6) is 0 Å². The number of anilines is 2. The van der Waals surface area contributed by atoms with Crippen LogP contribution in [0.25, 0.3) is 0 Å². The zero-order valence-corrected chi connectivity index (χ0v) is 21.0. The number of carbonyl (C=O) groups is 2. The first-order valence-corrected chi connectivity index (χ1v) is 13.2. The standard InChI is InChI=1S/C24H34N4O5S/c1-5-17-34(31,32)26-19-10-8-18(9-11-19)25-22(29)21-7-6-14-28(21)20-12-15-27(16-13-20)23(30)33-24(2,3)4/h6-11,14,20,26H,5,12-13,15-17H2,1-4H3,(H,25,29). The van der Waals surface area contributed by atoms with E-state index in [1.54, 1.807) is 42.2 Å². The van der Waals surface area contributed by atoms with Gasteiger partial charge in [-0.15, -0.1) is 0 Å². The predicted molar refractivity (Wildman–Crippen MR) is 133 cm³/mol. The molecule has 186 valence electrons. The highest BCUT2D eigenvalue weighted by atomic mass is 32.2. The minimum Gasteiger partial charge on any atom is -0.444 e. The van der Waals surface area contributed by atoms with Crippen molar-refractivity contribution in [3.05, 3.63) is 48.3 Å². The van der Waals surface area contributed by atoms with Gasteiger partial charge in [-0.05, 0) is 76.4 Å². The Morgan fingerprint density at radius 1 is 1.06 bits per heavy atom. The number of piperidine rings is 1. The molecule has 2 heterocycles. The first kappa shape index (κ1) is 25.6. The van der Waals surface area contributed by atoms with Gasteiger partial charge >= 0.3 is 6.09 Å². The highest BCUT2D eigenvalue weighted by molar-refractivity contribution is 7.92. The van der Waals surface area contributed by atoms with Gasteiger partial charge in [-0.2, -0.15) is 0 Å². The molecule has 34 heavy (non-hydrogen) atoms. The summed E-state index contributed by atoms with van der Waals surface area (Å²) in [5.74, 6) is -0.196. The molecule has 0 unspecified atom stereocenters. The Hall–Kier alpha value is -3.01. The zero-order chi connectivity index (χ0) is 24.9. The SMILES string of the molecule is CCCS(=O)(=O)Nc1ccc(NC(=O)c2cccn2C2CCN(C(=O)OC(C)(C)C)CC2)cc1.